The third-order valence-corrected chi connectivity index (χ3v) is 3.67. The molecule has 0 aliphatic heterocycles. The topological polar surface area (TPSA) is 50.4 Å². The van der Waals surface area contributed by atoms with Crippen LogP contribution in [0.4, 0.5) is 0 Å². The van der Waals surface area contributed by atoms with Crippen LogP contribution >= 0.6 is 0 Å². The summed E-state index contributed by atoms with van der Waals surface area (Å²) in [7, 11) is 0. The summed E-state index contributed by atoms with van der Waals surface area (Å²) in [5.41, 5.74) is 5.90. The van der Waals surface area contributed by atoms with Gasteiger partial charge in [-0.3, -0.25) is 4.99 Å². The van der Waals surface area contributed by atoms with Crippen LogP contribution in [0.2, 0.25) is 0 Å². The number of hydrogen-bond acceptors (Lipinski definition) is 1. The Labute approximate surface area is 99.9 Å². The monoisotopic (exact) mass is 225 g/mol. The third kappa shape index (κ3) is 4.03. The Bertz CT molecular complexity index is 235. The number of nitrogens with two attached hydrogens (primary N) is 1. The van der Waals surface area contributed by atoms with Crippen molar-refractivity contribution in [2.45, 2.75) is 53.0 Å². The molecule has 1 saturated carbocycles. The number of guanidine groups is 1. The van der Waals surface area contributed by atoms with E-state index in [1.165, 1.54) is 19.3 Å². The molecule has 0 aromatic heterocycles. The lowest BCUT2D eigenvalue weighted by molar-refractivity contribution is 0.224. The first-order valence-electron chi connectivity index (χ1n) is 6.57. The van der Waals surface area contributed by atoms with E-state index in [1.54, 1.807) is 0 Å². The van der Waals surface area contributed by atoms with Gasteiger partial charge in [-0.1, -0.05) is 40.5 Å². The summed E-state index contributed by atoms with van der Waals surface area (Å²) in [4.78, 5) is 4.36. The van der Waals surface area contributed by atoms with E-state index >= 15 is 0 Å². The highest BCUT2D eigenvalue weighted by molar-refractivity contribution is 5.78. The van der Waals surface area contributed by atoms with Crippen LogP contribution < -0.4 is 11.1 Å². The molecule has 3 N–H and O–H groups in total. The maximum atomic E-state index is 5.90. The van der Waals surface area contributed by atoms with Crippen molar-refractivity contribution in [3.8, 4) is 0 Å². The molecule has 1 aliphatic carbocycles. The molecule has 0 spiro atoms. The van der Waals surface area contributed by atoms with Gasteiger partial charge in [0.25, 0.3) is 0 Å². The molecule has 1 aliphatic rings. The van der Waals surface area contributed by atoms with Gasteiger partial charge in [0.2, 0.25) is 0 Å². The largest absolute Gasteiger partial charge is 0.370 e. The van der Waals surface area contributed by atoms with Crippen molar-refractivity contribution < 1.29 is 0 Å². The fraction of sp³-hybridized carbons (Fsp3) is 0.923. The average molecular weight is 225 g/mol. The van der Waals surface area contributed by atoms with Crippen LogP contribution in [0.1, 0.15) is 47.0 Å². The molecule has 3 atom stereocenters. The van der Waals surface area contributed by atoms with Crippen molar-refractivity contribution in [2.75, 3.05) is 6.54 Å². The molecule has 1 fully saturated rings. The lowest BCUT2D eigenvalue weighted by Gasteiger charge is -2.34. The summed E-state index contributed by atoms with van der Waals surface area (Å²) < 4.78 is 0. The van der Waals surface area contributed by atoms with Gasteiger partial charge < -0.3 is 11.1 Å². The van der Waals surface area contributed by atoms with Crippen LogP contribution in [-0.2, 0) is 0 Å². The van der Waals surface area contributed by atoms with E-state index in [1.807, 2.05) is 0 Å². The van der Waals surface area contributed by atoms with Crippen molar-refractivity contribution >= 4 is 5.96 Å². The molecule has 3 nitrogen and oxygen atoms in total. The standard InChI is InChI=1S/C13H27N3/c1-9(2)8-15-13(14)16-12-7-5-6-10(3)11(12)4/h9-12H,5-8H2,1-4H3,(H3,14,15,16). The van der Waals surface area contributed by atoms with Crippen LogP contribution in [0.3, 0.4) is 0 Å². The van der Waals surface area contributed by atoms with E-state index in [0.29, 0.717) is 23.8 Å². The Morgan fingerprint density at radius 3 is 2.69 bits per heavy atom. The maximum Gasteiger partial charge on any atom is 0.188 e. The highest BCUT2D eigenvalue weighted by atomic mass is 15.1. The molecule has 0 amide bonds. The molecule has 94 valence electrons. The van der Waals surface area contributed by atoms with Crippen molar-refractivity contribution in [2.24, 2.45) is 28.5 Å². The minimum Gasteiger partial charge on any atom is -0.370 e. The fourth-order valence-corrected chi connectivity index (χ4v) is 2.30. The predicted molar refractivity (Wildman–Crippen MR) is 70.4 cm³/mol. The van der Waals surface area contributed by atoms with Crippen LogP contribution in [0.5, 0.6) is 0 Å². The predicted octanol–water partition coefficient (Wildman–Crippen LogP) is 2.37. The van der Waals surface area contributed by atoms with Gasteiger partial charge in [0.15, 0.2) is 5.96 Å². The Hall–Kier alpha value is -0.730. The summed E-state index contributed by atoms with van der Waals surface area (Å²) >= 11 is 0. The lowest BCUT2D eigenvalue weighted by atomic mass is 9.78. The highest BCUT2D eigenvalue weighted by Gasteiger charge is 2.27. The molecule has 0 radical (unpaired) electrons. The number of aliphatic imine (C=N–C) groups is 1. The maximum absolute atomic E-state index is 5.90. The minimum atomic E-state index is 0.514. The molecule has 0 bridgehead atoms. The molecule has 0 aromatic rings. The van der Waals surface area contributed by atoms with Gasteiger partial charge in [0.05, 0.1) is 0 Å². The average Bonchev–Trinajstić information content (AvgIpc) is 2.22. The number of hydrogen-bond donors (Lipinski definition) is 2. The van der Waals surface area contributed by atoms with Gasteiger partial charge in [-0.25, -0.2) is 0 Å². The van der Waals surface area contributed by atoms with Crippen LogP contribution in [-0.4, -0.2) is 18.5 Å². The van der Waals surface area contributed by atoms with E-state index in [2.05, 4.69) is 38.0 Å². The van der Waals surface area contributed by atoms with E-state index < -0.39 is 0 Å². The van der Waals surface area contributed by atoms with E-state index in [-0.39, 0.29) is 0 Å². The second-order valence-corrected chi connectivity index (χ2v) is 5.64. The van der Waals surface area contributed by atoms with Crippen LogP contribution in [0.15, 0.2) is 4.99 Å². The van der Waals surface area contributed by atoms with Crippen LogP contribution in [0, 0.1) is 17.8 Å². The van der Waals surface area contributed by atoms with Gasteiger partial charge in [-0.05, 0) is 24.2 Å². The number of nitrogens with zero attached hydrogens (tertiary/aromatic N) is 1. The smallest absolute Gasteiger partial charge is 0.188 e. The Kier molecular flexibility index (Phi) is 5.10. The molecule has 1 rings (SSSR count). The summed E-state index contributed by atoms with van der Waals surface area (Å²) in [5, 5.41) is 3.38. The first-order valence-corrected chi connectivity index (χ1v) is 6.57. The van der Waals surface area contributed by atoms with Gasteiger partial charge >= 0.3 is 0 Å². The van der Waals surface area contributed by atoms with Gasteiger partial charge in [-0.15, -0.1) is 0 Å². The number of rotatable bonds is 3. The Morgan fingerprint density at radius 2 is 2.06 bits per heavy atom. The second-order valence-electron chi connectivity index (χ2n) is 5.64. The lowest BCUT2D eigenvalue weighted by Crippen LogP contribution is -2.46. The van der Waals surface area contributed by atoms with Gasteiger partial charge in [-0.2, -0.15) is 0 Å². The summed E-state index contributed by atoms with van der Waals surface area (Å²) in [6, 6.07) is 0.514. The van der Waals surface area contributed by atoms with Crippen molar-refractivity contribution in [1.29, 1.82) is 0 Å². The second kappa shape index (κ2) is 6.12. The molecule has 16 heavy (non-hydrogen) atoms. The van der Waals surface area contributed by atoms with Crippen molar-refractivity contribution in [3.05, 3.63) is 0 Å². The van der Waals surface area contributed by atoms with E-state index in [9.17, 15) is 0 Å². The van der Waals surface area contributed by atoms with Gasteiger partial charge in [0, 0.05) is 12.6 Å². The van der Waals surface area contributed by atoms with Crippen LogP contribution in [0.25, 0.3) is 0 Å². The quantitative estimate of drug-likeness (QED) is 0.572. The molecule has 0 saturated heterocycles. The van der Waals surface area contributed by atoms with Crippen molar-refractivity contribution in [1.82, 2.24) is 5.32 Å². The van der Waals surface area contributed by atoms with Crippen molar-refractivity contribution in [3.63, 3.8) is 0 Å². The Balaban J connectivity index is 2.43. The highest BCUT2D eigenvalue weighted by Crippen LogP contribution is 2.29. The van der Waals surface area contributed by atoms with E-state index in [4.69, 9.17) is 5.73 Å². The molecule has 0 aromatic carbocycles. The first kappa shape index (κ1) is 13.3. The summed E-state index contributed by atoms with van der Waals surface area (Å²) in [5.74, 6) is 2.69. The first-order chi connectivity index (χ1) is 7.50. The SMILES string of the molecule is CC(C)CN=C(N)NC1CCCC(C)C1C. The molecular formula is C13H27N3. The zero-order chi connectivity index (χ0) is 12.1. The summed E-state index contributed by atoms with van der Waals surface area (Å²) in [6.07, 6.45) is 3.88. The summed E-state index contributed by atoms with van der Waals surface area (Å²) in [6.45, 7) is 9.77. The molecule has 0 heterocycles. The molecule has 3 heteroatoms. The normalized spacial score (nSPS) is 31.8. The molecule has 3 unspecified atom stereocenters. The fourth-order valence-electron chi connectivity index (χ4n) is 2.30. The minimum absolute atomic E-state index is 0.514. The van der Waals surface area contributed by atoms with Gasteiger partial charge in [0.1, 0.15) is 0 Å². The Morgan fingerprint density at radius 1 is 1.38 bits per heavy atom. The van der Waals surface area contributed by atoms with E-state index in [0.717, 1.165) is 12.5 Å². The third-order valence-electron chi connectivity index (χ3n) is 3.67. The molecular weight excluding hydrogens is 198 g/mol. The zero-order valence-corrected chi connectivity index (χ0v) is 11.2. The number of nitrogens with one attached hydrogen (secondary N) is 1. The zero-order valence-electron chi connectivity index (χ0n) is 11.2.